The number of amides is 2. The van der Waals surface area contributed by atoms with E-state index in [1.165, 1.54) is 7.11 Å². The summed E-state index contributed by atoms with van der Waals surface area (Å²) in [6.07, 6.45) is 0.300. The van der Waals surface area contributed by atoms with Gasteiger partial charge in [-0.25, -0.2) is 0 Å². The van der Waals surface area contributed by atoms with Crippen LogP contribution in [0.4, 0.5) is 5.69 Å². The lowest BCUT2D eigenvalue weighted by molar-refractivity contribution is -0.134. The Balaban J connectivity index is 1.32. The zero-order valence-electron chi connectivity index (χ0n) is 19.0. The second-order valence-electron chi connectivity index (χ2n) is 7.64. The fraction of sp³-hybridized carbons (Fsp3) is 0.417. The maximum absolute atomic E-state index is 12.5. The number of benzene rings is 2. The van der Waals surface area contributed by atoms with Crippen LogP contribution in [0.2, 0.25) is 5.02 Å². The maximum Gasteiger partial charge on any atom is 0.224 e. The van der Waals surface area contributed by atoms with Crippen molar-refractivity contribution >= 4 is 29.1 Å². The van der Waals surface area contributed by atoms with E-state index < -0.39 is 0 Å². The molecule has 9 heteroatoms. The molecule has 1 saturated heterocycles. The van der Waals surface area contributed by atoms with Gasteiger partial charge < -0.3 is 24.4 Å². The van der Waals surface area contributed by atoms with Crippen molar-refractivity contribution in [1.29, 1.82) is 0 Å². The molecule has 0 spiro atoms. The molecular formula is C24H30ClN3O5. The standard InChI is InChI=1S/C24H30ClN3O5/c1-31-19-4-6-20(7-5-19)33-16-15-27-11-13-28(14-12-27)24(30)10-9-23(29)26-18-3-8-22(32-2)21(25)17-18/h3-8,17H,9-16H2,1-2H3,(H,26,29). The van der Waals surface area contributed by atoms with Crippen LogP contribution in [0.15, 0.2) is 42.5 Å². The minimum atomic E-state index is -0.223. The Kier molecular flexibility index (Phi) is 9.21. The molecule has 0 unspecified atom stereocenters. The molecule has 2 amide bonds. The van der Waals surface area contributed by atoms with Crippen LogP contribution in [0.1, 0.15) is 12.8 Å². The Morgan fingerprint density at radius 3 is 2.27 bits per heavy atom. The summed E-state index contributed by atoms with van der Waals surface area (Å²) in [5, 5.41) is 3.18. The van der Waals surface area contributed by atoms with E-state index >= 15 is 0 Å². The van der Waals surface area contributed by atoms with E-state index in [0.717, 1.165) is 31.1 Å². The topological polar surface area (TPSA) is 80.3 Å². The minimum Gasteiger partial charge on any atom is -0.497 e. The molecule has 2 aromatic rings. The molecule has 3 rings (SSSR count). The molecule has 1 aliphatic rings. The molecule has 1 fully saturated rings. The van der Waals surface area contributed by atoms with E-state index in [9.17, 15) is 9.59 Å². The van der Waals surface area contributed by atoms with Crippen molar-refractivity contribution in [3.05, 3.63) is 47.5 Å². The lowest BCUT2D eigenvalue weighted by Gasteiger charge is -2.34. The first-order valence-electron chi connectivity index (χ1n) is 10.9. The number of methoxy groups -OCH3 is 2. The highest BCUT2D eigenvalue weighted by molar-refractivity contribution is 6.32. The number of anilines is 1. The van der Waals surface area contributed by atoms with Crippen LogP contribution in [0.5, 0.6) is 17.2 Å². The SMILES string of the molecule is COc1ccc(OCCN2CCN(C(=O)CCC(=O)Nc3ccc(OC)c(Cl)c3)CC2)cc1. The number of hydrogen-bond donors (Lipinski definition) is 1. The third-order valence-corrected chi connectivity index (χ3v) is 5.76. The van der Waals surface area contributed by atoms with Crippen LogP contribution in [0.3, 0.4) is 0 Å². The van der Waals surface area contributed by atoms with E-state index in [4.69, 9.17) is 25.8 Å². The molecule has 0 radical (unpaired) electrons. The summed E-state index contributed by atoms with van der Waals surface area (Å²) >= 11 is 6.07. The number of ether oxygens (including phenoxy) is 3. The first-order chi connectivity index (χ1) is 16.0. The highest BCUT2D eigenvalue weighted by atomic mass is 35.5. The summed E-state index contributed by atoms with van der Waals surface area (Å²) in [5.74, 6) is 1.91. The monoisotopic (exact) mass is 475 g/mol. The lowest BCUT2D eigenvalue weighted by atomic mass is 10.2. The van der Waals surface area contributed by atoms with Crippen molar-refractivity contribution in [2.24, 2.45) is 0 Å². The number of carbonyl (C=O) groups excluding carboxylic acids is 2. The van der Waals surface area contributed by atoms with Crippen LogP contribution in [-0.2, 0) is 9.59 Å². The number of piperazine rings is 1. The average Bonchev–Trinajstić information content (AvgIpc) is 2.83. The van der Waals surface area contributed by atoms with E-state index in [1.807, 2.05) is 29.2 Å². The molecular weight excluding hydrogens is 446 g/mol. The number of rotatable bonds is 10. The fourth-order valence-electron chi connectivity index (χ4n) is 3.53. The van der Waals surface area contributed by atoms with Gasteiger partial charge in [0.15, 0.2) is 0 Å². The van der Waals surface area contributed by atoms with Crippen LogP contribution < -0.4 is 19.5 Å². The third kappa shape index (κ3) is 7.54. The van der Waals surface area contributed by atoms with Gasteiger partial charge in [-0.1, -0.05) is 11.6 Å². The first kappa shape index (κ1) is 24.7. The summed E-state index contributed by atoms with van der Waals surface area (Å²) in [4.78, 5) is 28.8. The summed E-state index contributed by atoms with van der Waals surface area (Å²) in [6, 6.07) is 12.5. The van der Waals surface area contributed by atoms with E-state index in [-0.39, 0.29) is 24.7 Å². The van der Waals surface area contributed by atoms with Crippen LogP contribution in [0, 0.1) is 0 Å². The van der Waals surface area contributed by atoms with E-state index in [1.54, 1.807) is 25.3 Å². The quantitative estimate of drug-likeness (QED) is 0.568. The second kappa shape index (κ2) is 12.3. The molecule has 0 bridgehead atoms. The highest BCUT2D eigenvalue weighted by Crippen LogP contribution is 2.27. The molecule has 178 valence electrons. The van der Waals surface area contributed by atoms with Gasteiger partial charge >= 0.3 is 0 Å². The van der Waals surface area contributed by atoms with Crippen molar-refractivity contribution in [3.63, 3.8) is 0 Å². The van der Waals surface area contributed by atoms with Crippen molar-refractivity contribution in [1.82, 2.24) is 9.80 Å². The number of halogens is 1. The van der Waals surface area contributed by atoms with Crippen molar-refractivity contribution < 1.29 is 23.8 Å². The fourth-order valence-corrected chi connectivity index (χ4v) is 3.79. The number of carbonyl (C=O) groups is 2. The largest absolute Gasteiger partial charge is 0.497 e. The molecule has 8 nitrogen and oxygen atoms in total. The van der Waals surface area contributed by atoms with Crippen LogP contribution in [-0.4, -0.2) is 75.2 Å². The number of hydrogen-bond acceptors (Lipinski definition) is 6. The first-order valence-corrected chi connectivity index (χ1v) is 11.3. The Morgan fingerprint density at radius 2 is 1.64 bits per heavy atom. The molecule has 33 heavy (non-hydrogen) atoms. The highest BCUT2D eigenvalue weighted by Gasteiger charge is 2.21. The summed E-state index contributed by atoms with van der Waals surface area (Å²) in [5.41, 5.74) is 0.573. The smallest absolute Gasteiger partial charge is 0.224 e. The summed E-state index contributed by atoms with van der Waals surface area (Å²) < 4.78 is 16.0. The summed E-state index contributed by atoms with van der Waals surface area (Å²) in [6.45, 7) is 4.24. The van der Waals surface area contributed by atoms with E-state index in [2.05, 4.69) is 10.2 Å². The lowest BCUT2D eigenvalue weighted by Crippen LogP contribution is -2.49. The van der Waals surface area contributed by atoms with Gasteiger partial charge in [0, 0.05) is 51.3 Å². The van der Waals surface area contributed by atoms with Crippen LogP contribution >= 0.6 is 11.6 Å². The molecule has 0 aliphatic carbocycles. The van der Waals surface area contributed by atoms with Gasteiger partial charge in [0.1, 0.15) is 23.9 Å². The predicted molar refractivity (Wildman–Crippen MR) is 127 cm³/mol. The Labute approximate surface area is 199 Å². The maximum atomic E-state index is 12.5. The van der Waals surface area contributed by atoms with Gasteiger partial charge in [-0.15, -0.1) is 0 Å². The van der Waals surface area contributed by atoms with Crippen molar-refractivity contribution in [3.8, 4) is 17.2 Å². The zero-order chi connectivity index (χ0) is 23.6. The zero-order valence-corrected chi connectivity index (χ0v) is 19.8. The molecule has 1 aliphatic heterocycles. The predicted octanol–water partition coefficient (Wildman–Crippen LogP) is 3.30. The van der Waals surface area contributed by atoms with Gasteiger partial charge in [0.2, 0.25) is 11.8 Å². The molecule has 0 atom stereocenters. The summed E-state index contributed by atoms with van der Waals surface area (Å²) in [7, 11) is 3.16. The Hall–Kier alpha value is -2.97. The third-order valence-electron chi connectivity index (χ3n) is 5.46. The average molecular weight is 476 g/mol. The molecule has 0 aromatic heterocycles. The van der Waals surface area contributed by atoms with Gasteiger partial charge in [0.05, 0.1) is 19.2 Å². The number of nitrogens with zero attached hydrogens (tertiary/aromatic N) is 2. The molecule has 1 N–H and O–H groups in total. The Bertz CT molecular complexity index is 930. The van der Waals surface area contributed by atoms with Gasteiger partial charge in [0.25, 0.3) is 0 Å². The van der Waals surface area contributed by atoms with E-state index in [0.29, 0.717) is 36.2 Å². The normalized spacial score (nSPS) is 14.0. The minimum absolute atomic E-state index is 0.00736. The molecule has 0 saturated carbocycles. The van der Waals surface area contributed by atoms with Crippen molar-refractivity contribution in [2.75, 3.05) is 58.9 Å². The van der Waals surface area contributed by atoms with Crippen molar-refractivity contribution in [2.45, 2.75) is 12.8 Å². The molecule has 1 heterocycles. The van der Waals surface area contributed by atoms with Crippen LogP contribution in [0.25, 0.3) is 0 Å². The molecule has 2 aromatic carbocycles. The Morgan fingerprint density at radius 1 is 0.939 bits per heavy atom. The van der Waals surface area contributed by atoms with Gasteiger partial charge in [-0.3, -0.25) is 14.5 Å². The number of nitrogens with one attached hydrogen (secondary N) is 1. The van der Waals surface area contributed by atoms with Gasteiger partial charge in [-0.2, -0.15) is 0 Å². The van der Waals surface area contributed by atoms with Gasteiger partial charge in [-0.05, 0) is 42.5 Å². The second-order valence-corrected chi connectivity index (χ2v) is 8.05.